The molecule has 0 aliphatic heterocycles. The maximum absolute atomic E-state index is 5.83. The Morgan fingerprint density at radius 1 is 0.950 bits per heavy atom. The molecule has 0 unspecified atom stereocenters. The predicted octanol–water partition coefficient (Wildman–Crippen LogP) is 3.77. The first-order valence-electron chi connectivity index (χ1n) is 6.58. The molecule has 0 spiro atoms. The van der Waals surface area contributed by atoms with Gasteiger partial charge in [-0.3, -0.25) is 0 Å². The highest BCUT2D eigenvalue weighted by Gasteiger charge is 2.05. The SMILES string of the molecule is COc1ccc(OCc2cc3ccccc3n2C)cc1. The minimum atomic E-state index is 0.553. The summed E-state index contributed by atoms with van der Waals surface area (Å²) in [4.78, 5) is 0. The van der Waals surface area contributed by atoms with Crippen LogP contribution in [0.15, 0.2) is 54.6 Å². The molecule has 3 rings (SSSR count). The van der Waals surface area contributed by atoms with Crippen LogP contribution < -0.4 is 9.47 Å². The second-order valence-electron chi connectivity index (χ2n) is 4.72. The van der Waals surface area contributed by atoms with Crippen molar-refractivity contribution in [2.45, 2.75) is 6.61 Å². The summed E-state index contributed by atoms with van der Waals surface area (Å²) in [6.45, 7) is 0.553. The quantitative estimate of drug-likeness (QED) is 0.718. The lowest BCUT2D eigenvalue weighted by Gasteiger charge is -2.08. The van der Waals surface area contributed by atoms with Crippen LogP contribution in [0, 0.1) is 0 Å². The molecule has 3 nitrogen and oxygen atoms in total. The van der Waals surface area contributed by atoms with Gasteiger partial charge >= 0.3 is 0 Å². The fourth-order valence-electron chi connectivity index (χ4n) is 2.31. The number of rotatable bonds is 4. The lowest BCUT2D eigenvalue weighted by atomic mass is 10.2. The van der Waals surface area contributed by atoms with Gasteiger partial charge in [0.2, 0.25) is 0 Å². The van der Waals surface area contributed by atoms with Crippen LogP contribution in [-0.4, -0.2) is 11.7 Å². The fraction of sp³-hybridized carbons (Fsp3) is 0.176. The van der Waals surface area contributed by atoms with Crippen LogP contribution in [0.1, 0.15) is 5.69 Å². The van der Waals surface area contributed by atoms with E-state index in [0.29, 0.717) is 6.61 Å². The minimum Gasteiger partial charge on any atom is -0.497 e. The highest BCUT2D eigenvalue weighted by atomic mass is 16.5. The van der Waals surface area contributed by atoms with Gasteiger partial charge in [-0.05, 0) is 41.8 Å². The van der Waals surface area contributed by atoms with Gasteiger partial charge in [-0.25, -0.2) is 0 Å². The van der Waals surface area contributed by atoms with Gasteiger partial charge in [0, 0.05) is 12.6 Å². The summed E-state index contributed by atoms with van der Waals surface area (Å²) >= 11 is 0. The fourth-order valence-corrected chi connectivity index (χ4v) is 2.31. The van der Waals surface area contributed by atoms with Crippen molar-refractivity contribution in [2.75, 3.05) is 7.11 Å². The zero-order valence-corrected chi connectivity index (χ0v) is 11.7. The highest BCUT2D eigenvalue weighted by molar-refractivity contribution is 5.81. The summed E-state index contributed by atoms with van der Waals surface area (Å²) in [6.07, 6.45) is 0. The predicted molar refractivity (Wildman–Crippen MR) is 80.2 cm³/mol. The average Bonchev–Trinajstić information content (AvgIpc) is 2.83. The topological polar surface area (TPSA) is 23.4 Å². The summed E-state index contributed by atoms with van der Waals surface area (Å²) in [5, 5.41) is 1.24. The van der Waals surface area contributed by atoms with Crippen molar-refractivity contribution in [3.05, 3.63) is 60.3 Å². The largest absolute Gasteiger partial charge is 0.497 e. The van der Waals surface area contributed by atoms with Gasteiger partial charge in [-0.1, -0.05) is 18.2 Å². The monoisotopic (exact) mass is 267 g/mol. The number of para-hydroxylation sites is 1. The van der Waals surface area contributed by atoms with Gasteiger partial charge in [-0.15, -0.1) is 0 Å². The molecule has 0 saturated heterocycles. The van der Waals surface area contributed by atoms with Crippen molar-refractivity contribution >= 4 is 10.9 Å². The minimum absolute atomic E-state index is 0.553. The van der Waals surface area contributed by atoms with Crippen LogP contribution in [0.2, 0.25) is 0 Å². The third-order valence-corrected chi connectivity index (χ3v) is 3.50. The molecule has 0 aliphatic rings. The standard InChI is InChI=1S/C17H17NO2/c1-18-14(11-13-5-3-4-6-17(13)18)12-20-16-9-7-15(19-2)8-10-16/h3-11H,12H2,1-2H3. The van der Waals surface area contributed by atoms with Crippen molar-refractivity contribution < 1.29 is 9.47 Å². The Kier molecular flexibility index (Phi) is 3.33. The number of hydrogen-bond acceptors (Lipinski definition) is 2. The molecule has 0 N–H and O–H groups in total. The van der Waals surface area contributed by atoms with E-state index in [-0.39, 0.29) is 0 Å². The molecular formula is C17H17NO2. The Morgan fingerprint density at radius 3 is 2.35 bits per heavy atom. The van der Waals surface area contributed by atoms with E-state index in [1.54, 1.807) is 7.11 Å². The Hall–Kier alpha value is -2.42. The first-order chi connectivity index (χ1) is 9.78. The van der Waals surface area contributed by atoms with Gasteiger partial charge in [0.25, 0.3) is 0 Å². The zero-order chi connectivity index (χ0) is 13.9. The number of fused-ring (bicyclic) bond motifs is 1. The number of aromatic nitrogens is 1. The highest BCUT2D eigenvalue weighted by Crippen LogP contribution is 2.21. The summed E-state index contributed by atoms with van der Waals surface area (Å²) in [5.74, 6) is 1.68. The molecule has 0 atom stereocenters. The first kappa shape index (κ1) is 12.6. The van der Waals surface area contributed by atoms with Gasteiger partial charge < -0.3 is 14.0 Å². The van der Waals surface area contributed by atoms with E-state index < -0.39 is 0 Å². The smallest absolute Gasteiger partial charge is 0.128 e. The average molecular weight is 267 g/mol. The molecule has 0 radical (unpaired) electrons. The van der Waals surface area contributed by atoms with E-state index in [9.17, 15) is 0 Å². The first-order valence-corrected chi connectivity index (χ1v) is 6.58. The molecule has 1 aromatic heterocycles. The third kappa shape index (κ3) is 2.35. The van der Waals surface area contributed by atoms with Gasteiger partial charge in [0.1, 0.15) is 18.1 Å². The van der Waals surface area contributed by atoms with Crippen LogP contribution in [0.5, 0.6) is 11.5 Å². The number of aryl methyl sites for hydroxylation is 1. The van der Waals surface area contributed by atoms with Crippen molar-refractivity contribution in [2.24, 2.45) is 7.05 Å². The Labute approximate surface area is 118 Å². The van der Waals surface area contributed by atoms with Crippen molar-refractivity contribution in [3.63, 3.8) is 0 Å². The zero-order valence-electron chi connectivity index (χ0n) is 11.7. The van der Waals surface area contributed by atoms with Crippen LogP contribution in [0.25, 0.3) is 10.9 Å². The van der Waals surface area contributed by atoms with Gasteiger partial charge in [-0.2, -0.15) is 0 Å². The second-order valence-corrected chi connectivity index (χ2v) is 4.72. The van der Waals surface area contributed by atoms with E-state index >= 15 is 0 Å². The van der Waals surface area contributed by atoms with E-state index in [1.807, 2.05) is 24.3 Å². The van der Waals surface area contributed by atoms with E-state index in [4.69, 9.17) is 9.47 Å². The summed E-state index contributed by atoms with van der Waals surface area (Å²) in [5.41, 5.74) is 2.38. The number of nitrogens with zero attached hydrogens (tertiary/aromatic N) is 1. The van der Waals surface area contributed by atoms with Crippen LogP contribution in [-0.2, 0) is 13.7 Å². The molecule has 3 heteroatoms. The van der Waals surface area contributed by atoms with Crippen molar-refractivity contribution in [3.8, 4) is 11.5 Å². The Bertz CT molecular complexity index is 713. The lowest BCUT2D eigenvalue weighted by molar-refractivity contribution is 0.297. The van der Waals surface area contributed by atoms with Crippen LogP contribution in [0.3, 0.4) is 0 Å². The van der Waals surface area contributed by atoms with Gasteiger partial charge in [0.15, 0.2) is 0 Å². The maximum Gasteiger partial charge on any atom is 0.128 e. The van der Waals surface area contributed by atoms with Crippen molar-refractivity contribution in [1.82, 2.24) is 4.57 Å². The molecule has 3 aromatic rings. The molecule has 0 aliphatic carbocycles. The maximum atomic E-state index is 5.83. The number of benzene rings is 2. The molecule has 1 heterocycles. The molecule has 20 heavy (non-hydrogen) atoms. The Morgan fingerprint density at radius 2 is 1.65 bits per heavy atom. The molecular weight excluding hydrogens is 250 g/mol. The third-order valence-electron chi connectivity index (χ3n) is 3.50. The molecule has 102 valence electrons. The molecule has 2 aromatic carbocycles. The lowest BCUT2D eigenvalue weighted by Crippen LogP contribution is -2.01. The molecule has 0 bridgehead atoms. The van der Waals surface area contributed by atoms with Crippen LogP contribution >= 0.6 is 0 Å². The van der Waals surface area contributed by atoms with Crippen LogP contribution in [0.4, 0.5) is 0 Å². The van der Waals surface area contributed by atoms with E-state index in [0.717, 1.165) is 17.2 Å². The number of hydrogen-bond donors (Lipinski definition) is 0. The Balaban J connectivity index is 1.77. The number of methoxy groups -OCH3 is 1. The van der Waals surface area contributed by atoms with E-state index in [1.165, 1.54) is 10.9 Å². The molecule has 0 fully saturated rings. The summed E-state index contributed by atoms with van der Waals surface area (Å²) < 4.78 is 13.1. The normalized spacial score (nSPS) is 10.7. The molecule has 0 saturated carbocycles. The molecule has 0 amide bonds. The summed E-state index contributed by atoms with van der Waals surface area (Å²) in [7, 11) is 3.72. The van der Waals surface area contributed by atoms with Crippen molar-refractivity contribution in [1.29, 1.82) is 0 Å². The number of ether oxygens (including phenoxy) is 2. The second kappa shape index (κ2) is 5.29. The van der Waals surface area contributed by atoms with E-state index in [2.05, 4.69) is 41.9 Å². The van der Waals surface area contributed by atoms with Gasteiger partial charge in [0.05, 0.1) is 12.8 Å². The summed E-state index contributed by atoms with van der Waals surface area (Å²) in [6, 6.07) is 18.1.